The summed E-state index contributed by atoms with van der Waals surface area (Å²) in [7, 11) is 0. The standard InChI is InChI=1S/C12H17NO/c1-12(2)8-14-11-6-4-3-5-9(11)10(12)7-13/h3-6,10H,7-8,13H2,1-2H3. The zero-order valence-electron chi connectivity index (χ0n) is 8.79. The number of rotatable bonds is 1. The molecule has 2 nitrogen and oxygen atoms in total. The van der Waals surface area contributed by atoms with Crippen molar-refractivity contribution in [1.29, 1.82) is 0 Å². The quantitative estimate of drug-likeness (QED) is 0.738. The molecule has 0 saturated heterocycles. The Kier molecular flexibility index (Phi) is 2.23. The van der Waals surface area contributed by atoms with Crippen LogP contribution >= 0.6 is 0 Å². The normalized spacial score (nSPS) is 23.8. The minimum atomic E-state index is 0.142. The maximum absolute atomic E-state index is 5.84. The van der Waals surface area contributed by atoms with Crippen LogP contribution in [-0.2, 0) is 0 Å². The summed E-state index contributed by atoms with van der Waals surface area (Å²) in [6.07, 6.45) is 0. The summed E-state index contributed by atoms with van der Waals surface area (Å²) < 4.78 is 5.72. The summed E-state index contributed by atoms with van der Waals surface area (Å²) in [4.78, 5) is 0. The summed E-state index contributed by atoms with van der Waals surface area (Å²) in [5.41, 5.74) is 7.24. The van der Waals surface area contributed by atoms with E-state index < -0.39 is 0 Å². The molecule has 2 rings (SSSR count). The average molecular weight is 191 g/mol. The molecule has 2 heteroatoms. The highest BCUT2D eigenvalue weighted by Crippen LogP contribution is 2.43. The van der Waals surface area contributed by atoms with E-state index >= 15 is 0 Å². The Morgan fingerprint density at radius 2 is 2.14 bits per heavy atom. The monoisotopic (exact) mass is 191 g/mol. The van der Waals surface area contributed by atoms with Crippen LogP contribution in [0.2, 0.25) is 0 Å². The summed E-state index contributed by atoms with van der Waals surface area (Å²) in [5, 5.41) is 0. The first kappa shape index (κ1) is 9.53. The van der Waals surface area contributed by atoms with Gasteiger partial charge in [0.2, 0.25) is 0 Å². The fraction of sp³-hybridized carbons (Fsp3) is 0.500. The maximum Gasteiger partial charge on any atom is 0.122 e. The van der Waals surface area contributed by atoms with E-state index in [9.17, 15) is 0 Å². The van der Waals surface area contributed by atoms with Crippen LogP contribution in [0.25, 0.3) is 0 Å². The van der Waals surface area contributed by atoms with E-state index in [1.807, 2.05) is 18.2 Å². The lowest BCUT2D eigenvalue weighted by Crippen LogP contribution is -2.37. The van der Waals surface area contributed by atoms with Crippen molar-refractivity contribution in [1.82, 2.24) is 0 Å². The van der Waals surface area contributed by atoms with E-state index in [0.29, 0.717) is 12.5 Å². The number of hydrogen-bond donors (Lipinski definition) is 1. The van der Waals surface area contributed by atoms with Crippen molar-refractivity contribution in [2.75, 3.05) is 13.2 Å². The zero-order valence-corrected chi connectivity index (χ0v) is 8.79. The SMILES string of the molecule is CC1(C)COc2ccccc2C1CN. The Balaban J connectivity index is 2.45. The van der Waals surface area contributed by atoms with Gasteiger partial charge in [0.15, 0.2) is 0 Å². The van der Waals surface area contributed by atoms with Gasteiger partial charge in [-0.2, -0.15) is 0 Å². The number of ether oxygens (including phenoxy) is 1. The van der Waals surface area contributed by atoms with Gasteiger partial charge in [-0.1, -0.05) is 32.0 Å². The van der Waals surface area contributed by atoms with Gasteiger partial charge in [0, 0.05) is 11.3 Å². The molecule has 0 saturated carbocycles. The highest BCUT2D eigenvalue weighted by molar-refractivity contribution is 5.39. The number of fused-ring (bicyclic) bond motifs is 1. The van der Waals surface area contributed by atoms with E-state index in [2.05, 4.69) is 19.9 Å². The molecule has 1 aromatic rings. The van der Waals surface area contributed by atoms with Gasteiger partial charge in [-0.15, -0.1) is 0 Å². The molecule has 0 radical (unpaired) electrons. The van der Waals surface area contributed by atoms with Gasteiger partial charge >= 0.3 is 0 Å². The van der Waals surface area contributed by atoms with Crippen molar-refractivity contribution in [3.05, 3.63) is 29.8 Å². The van der Waals surface area contributed by atoms with Gasteiger partial charge in [-0.3, -0.25) is 0 Å². The predicted molar refractivity (Wildman–Crippen MR) is 57.5 cm³/mol. The van der Waals surface area contributed by atoms with Crippen molar-refractivity contribution in [2.45, 2.75) is 19.8 Å². The zero-order chi connectivity index (χ0) is 10.2. The Hall–Kier alpha value is -1.02. The second-order valence-corrected chi connectivity index (χ2v) is 4.60. The fourth-order valence-electron chi connectivity index (χ4n) is 2.13. The van der Waals surface area contributed by atoms with E-state index in [4.69, 9.17) is 10.5 Å². The smallest absolute Gasteiger partial charge is 0.122 e. The molecule has 1 aliphatic rings. The molecule has 0 aliphatic carbocycles. The minimum absolute atomic E-state index is 0.142. The van der Waals surface area contributed by atoms with E-state index in [0.717, 1.165) is 12.4 Å². The van der Waals surface area contributed by atoms with Gasteiger partial charge in [0.05, 0.1) is 6.61 Å². The summed E-state index contributed by atoms with van der Waals surface area (Å²) >= 11 is 0. The molecule has 0 amide bonds. The number of hydrogen-bond acceptors (Lipinski definition) is 2. The molecule has 14 heavy (non-hydrogen) atoms. The van der Waals surface area contributed by atoms with Crippen LogP contribution in [-0.4, -0.2) is 13.2 Å². The van der Waals surface area contributed by atoms with Crippen LogP contribution in [0, 0.1) is 5.41 Å². The van der Waals surface area contributed by atoms with Crippen LogP contribution in [0.5, 0.6) is 5.75 Å². The first-order valence-electron chi connectivity index (χ1n) is 5.07. The third-order valence-electron chi connectivity index (χ3n) is 3.07. The van der Waals surface area contributed by atoms with Crippen LogP contribution in [0.15, 0.2) is 24.3 Å². The molecule has 0 fully saturated rings. The molecule has 1 unspecified atom stereocenters. The van der Waals surface area contributed by atoms with Crippen LogP contribution < -0.4 is 10.5 Å². The van der Waals surface area contributed by atoms with Gasteiger partial charge in [0.1, 0.15) is 5.75 Å². The highest BCUT2D eigenvalue weighted by atomic mass is 16.5. The van der Waals surface area contributed by atoms with Crippen molar-refractivity contribution in [2.24, 2.45) is 11.1 Å². The predicted octanol–water partition coefficient (Wildman–Crippen LogP) is 2.15. The van der Waals surface area contributed by atoms with Crippen molar-refractivity contribution < 1.29 is 4.74 Å². The summed E-state index contributed by atoms with van der Waals surface area (Å²) in [6.45, 7) is 5.86. The lowest BCUT2D eigenvalue weighted by Gasteiger charge is -2.39. The Morgan fingerprint density at radius 3 is 2.86 bits per heavy atom. The van der Waals surface area contributed by atoms with Crippen molar-refractivity contribution in [3.8, 4) is 5.75 Å². The largest absolute Gasteiger partial charge is 0.493 e. The second kappa shape index (κ2) is 3.28. The molecule has 1 aromatic carbocycles. The number of para-hydroxylation sites is 1. The minimum Gasteiger partial charge on any atom is -0.493 e. The second-order valence-electron chi connectivity index (χ2n) is 4.60. The first-order valence-corrected chi connectivity index (χ1v) is 5.07. The lowest BCUT2D eigenvalue weighted by molar-refractivity contribution is 0.123. The molecular weight excluding hydrogens is 174 g/mol. The van der Waals surface area contributed by atoms with Crippen molar-refractivity contribution >= 4 is 0 Å². The molecular formula is C12H17NO. The van der Waals surface area contributed by atoms with Crippen LogP contribution in [0.4, 0.5) is 0 Å². The van der Waals surface area contributed by atoms with Gasteiger partial charge in [-0.25, -0.2) is 0 Å². The Bertz CT molecular complexity index is 333. The molecule has 1 aliphatic heterocycles. The summed E-state index contributed by atoms with van der Waals surface area (Å²) in [5.74, 6) is 1.41. The molecule has 0 bridgehead atoms. The molecule has 1 atom stereocenters. The highest BCUT2D eigenvalue weighted by Gasteiger charge is 2.36. The molecule has 0 aromatic heterocycles. The van der Waals surface area contributed by atoms with Gasteiger partial charge in [-0.05, 0) is 18.2 Å². The fourth-order valence-corrected chi connectivity index (χ4v) is 2.13. The number of nitrogens with two attached hydrogens (primary N) is 1. The number of benzene rings is 1. The Labute approximate surface area is 85.1 Å². The van der Waals surface area contributed by atoms with Crippen molar-refractivity contribution in [3.63, 3.8) is 0 Å². The molecule has 1 heterocycles. The van der Waals surface area contributed by atoms with E-state index in [1.54, 1.807) is 0 Å². The topological polar surface area (TPSA) is 35.2 Å². The molecule has 0 spiro atoms. The third-order valence-corrected chi connectivity index (χ3v) is 3.07. The van der Waals surface area contributed by atoms with Crippen LogP contribution in [0.1, 0.15) is 25.3 Å². The van der Waals surface area contributed by atoms with Gasteiger partial charge < -0.3 is 10.5 Å². The maximum atomic E-state index is 5.84. The molecule has 76 valence electrons. The Morgan fingerprint density at radius 1 is 1.43 bits per heavy atom. The third kappa shape index (κ3) is 1.40. The lowest BCUT2D eigenvalue weighted by atomic mass is 9.74. The van der Waals surface area contributed by atoms with E-state index in [-0.39, 0.29) is 5.41 Å². The van der Waals surface area contributed by atoms with E-state index in [1.165, 1.54) is 5.56 Å². The van der Waals surface area contributed by atoms with Crippen LogP contribution in [0.3, 0.4) is 0 Å². The first-order chi connectivity index (χ1) is 6.65. The average Bonchev–Trinajstić information content (AvgIpc) is 2.17. The summed E-state index contributed by atoms with van der Waals surface area (Å²) in [6, 6.07) is 8.19. The van der Waals surface area contributed by atoms with Gasteiger partial charge in [0.25, 0.3) is 0 Å². The molecule has 2 N–H and O–H groups in total.